The van der Waals surface area contributed by atoms with E-state index in [4.69, 9.17) is 0 Å². The van der Waals surface area contributed by atoms with Gasteiger partial charge in [-0.05, 0) is 37.3 Å². The SMILES string of the molecule is Cc1cccc(CNC2CCCc3c2cnn3Cc2ccccc2)c1.Cl. The van der Waals surface area contributed by atoms with Crippen LogP contribution in [0.5, 0.6) is 0 Å². The molecule has 0 saturated carbocycles. The lowest BCUT2D eigenvalue weighted by molar-refractivity contribution is 0.449. The van der Waals surface area contributed by atoms with Gasteiger partial charge in [-0.3, -0.25) is 4.68 Å². The molecule has 1 aromatic heterocycles. The first-order chi connectivity index (χ1) is 12.3. The normalized spacial score (nSPS) is 16.0. The number of aryl methyl sites for hydroxylation is 1. The summed E-state index contributed by atoms with van der Waals surface area (Å²) in [7, 11) is 0. The van der Waals surface area contributed by atoms with Gasteiger partial charge in [0.2, 0.25) is 0 Å². The van der Waals surface area contributed by atoms with E-state index in [0.29, 0.717) is 6.04 Å². The number of halogens is 1. The molecule has 2 aromatic carbocycles. The molecule has 0 fully saturated rings. The molecule has 4 rings (SSSR count). The molecule has 1 unspecified atom stereocenters. The molecule has 0 amide bonds. The number of benzene rings is 2. The van der Waals surface area contributed by atoms with Crippen molar-refractivity contribution in [2.24, 2.45) is 0 Å². The van der Waals surface area contributed by atoms with Crippen LogP contribution in [0.1, 0.15) is 46.8 Å². The second kappa shape index (κ2) is 8.52. The minimum atomic E-state index is 0. The maximum atomic E-state index is 4.69. The van der Waals surface area contributed by atoms with Gasteiger partial charge in [0.15, 0.2) is 0 Å². The number of hydrogen-bond acceptors (Lipinski definition) is 2. The van der Waals surface area contributed by atoms with E-state index in [-0.39, 0.29) is 12.4 Å². The Morgan fingerprint density at radius 2 is 1.88 bits per heavy atom. The van der Waals surface area contributed by atoms with Crippen molar-refractivity contribution in [2.45, 2.75) is 45.3 Å². The molecular formula is C22H26ClN3. The molecule has 26 heavy (non-hydrogen) atoms. The highest BCUT2D eigenvalue weighted by Crippen LogP contribution is 2.30. The van der Waals surface area contributed by atoms with E-state index in [2.05, 4.69) is 82.8 Å². The Balaban J connectivity index is 0.00000196. The Morgan fingerprint density at radius 3 is 2.69 bits per heavy atom. The highest BCUT2D eigenvalue weighted by atomic mass is 35.5. The number of fused-ring (bicyclic) bond motifs is 1. The van der Waals surface area contributed by atoms with Crippen molar-refractivity contribution < 1.29 is 0 Å². The number of nitrogens with one attached hydrogen (secondary N) is 1. The van der Waals surface area contributed by atoms with Crippen LogP contribution in [-0.2, 0) is 19.5 Å². The standard InChI is InChI=1S/C22H25N3.ClH/c1-17-7-5-10-19(13-17)14-23-21-11-6-12-22-20(21)15-24-25(22)16-18-8-3-2-4-9-18;/h2-5,7-10,13,15,21,23H,6,11-12,14,16H2,1H3;1H. The average Bonchev–Trinajstić information content (AvgIpc) is 3.04. The van der Waals surface area contributed by atoms with E-state index in [0.717, 1.165) is 19.5 Å². The molecule has 0 radical (unpaired) electrons. The van der Waals surface area contributed by atoms with Gasteiger partial charge in [-0.1, -0.05) is 60.2 Å². The first kappa shape index (κ1) is 18.7. The van der Waals surface area contributed by atoms with E-state index in [1.165, 1.54) is 40.8 Å². The molecule has 136 valence electrons. The lowest BCUT2D eigenvalue weighted by Crippen LogP contribution is -2.25. The Hall–Kier alpha value is -2.10. The number of rotatable bonds is 5. The highest BCUT2D eigenvalue weighted by molar-refractivity contribution is 5.85. The van der Waals surface area contributed by atoms with Crippen LogP contribution in [0.25, 0.3) is 0 Å². The summed E-state index contributed by atoms with van der Waals surface area (Å²) in [6.45, 7) is 3.92. The van der Waals surface area contributed by atoms with Gasteiger partial charge in [0, 0.05) is 23.8 Å². The second-order valence-electron chi connectivity index (χ2n) is 7.00. The molecule has 0 aliphatic heterocycles. The van der Waals surface area contributed by atoms with Crippen LogP contribution in [0, 0.1) is 6.92 Å². The van der Waals surface area contributed by atoms with Crippen LogP contribution in [-0.4, -0.2) is 9.78 Å². The number of nitrogens with zero attached hydrogens (tertiary/aromatic N) is 2. The summed E-state index contributed by atoms with van der Waals surface area (Å²) >= 11 is 0. The summed E-state index contributed by atoms with van der Waals surface area (Å²) in [5, 5.41) is 8.43. The van der Waals surface area contributed by atoms with Gasteiger partial charge in [0.25, 0.3) is 0 Å². The monoisotopic (exact) mass is 367 g/mol. The predicted molar refractivity (Wildman–Crippen MR) is 109 cm³/mol. The van der Waals surface area contributed by atoms with Crippen LogP contribution in [0.15, 0.2) is 60.8 Å². The van der Waals surface area contributed by atoms with E-state index < -0.39 is 0 Å². The van der Waals surface area contributed by atoms with Crippen LogP contribution < -0.4 is 5.32 Å². The molecular weight excluding hydrogens is 342 g/mol. The summed E-state index contributed by atoms with van der Waals surface area (Å²) in [6, 6.07) is 19.7. The topological polar surface area (TPSA) is 29.9 Å². The minimum Gasteiger partial charge on any atom is -0.306 e. The fraction of sp³-hybridized carbons (Fsp3) is 0.318. The van der Waals surface area contributed by atoms with Crippen LogP contribution >= 0.6 is 12.4 Å². The summed E-state index contributed by atoms with van der Waals surface area (Å²) in [5.74, 6) is 0. The van der Waals surface area contributed by atoms with Crippen molar-refractivity contribution in [2.75, 3.05) is 0 Å². The molecule has 4 heteroatoms. The molecule has 3 nitrogen and oxygen atoms in total. The lowest BCUT2D eigenvalue weighted by Gasteiger charge is -2.24. The average molecular weight is 368 g/mol. The van der Waals surface area contributed by atoms with Gasteiger partial charge in [-0.2, -0.15) is 5.10 Å². The third-order valence-corrected chi connectivity index (χ3v) is 5.07. The van der Waals surface area contributed by atoms with Gasteiger partial charge in [-0.25, -0.2) is 0 Å². The van der Waals surface area contributed by atoms with Crippen molar-refractivity contribution in [3.63, 3.8) is 0 Å². The fourth-order valence-corrected chi connectivity index (χ4v) is 3.79. The number of aromatic nitrogens is 2. The molecule has 1 N–H and O–H groups in total. The second-order valence-corrected chi connectivity index (χ2v) is 7.00. The van der Waals surface area contributed by atoms with E-state index in [1.54, 1.807) is 0 Å². The maximum Gasteiger partial charge on any atom is 0.0662 e. The Bertz CT molecular complexity index is 842. The maximum absolute atomic E-state index is 4.69. The van der Waals surface area contributed by atoms with Crippen molar-refractivity contribution in [3.8, 4) is 0 Å². The van der Waals surface area contributed by atoms with Crippen LogP contribution in [0.3, 0.4) is 0 Å². The van der Waals surface area contributed by atoms with Crippen molar-refractivity contribution in [1.29, 1.82) is 0 Å². The Morgan fingerprint density at radius 1 is 1.08 bits per heavy atom. The van der Waals surface area contributed by atoms with Gasteiger partial charge < -0.3 is 5.32 Å². The van der Waals surface area contributed by atoms with Crippen LogP contribution in [0.2, 0.25) is 0 Å². The fourth-order valence-electron chi connectivity index (χ4n) is 3.79. The Labute approximate surface area is 161 Å². The number of hydrogen-bond donors (Lipinski definition) is 1. The first-order valence-corrected chi connectivity index (χ1v) is 9.17. The summed E-state index contributed by atoms with van der Waals surface area (Å²) < 4.78 is 2.19. The zero-order chi connectivity index (χ0) is 17.1. The molecule has 1 aliphatic rings. The van der Waals surface area contributed by atoms with Gasteiger partial charge >= 0.3 is 0 Å². The minimum absolute atomic E-state index is 0. The van der Waals surface area contributed by atoms with Crippen molar-refractivity contribution in [1.82, 2.24) is 15.1 Å². The molecule has 1 atom stereocenters. The van der Waals surface area contributed by atoms with E-state index in [1.807, 2.05) is 0 Å². The smallest absolute Gasteiger partial charge is 0.0662 e. The molecule has 1 heterocycles. The zero-order valence-corrected chi connectivity index (χ0v) is 16.0. The Kier molecular flexibility index (Phi) is 6.12. The largest absolute Gasteiger partial charge is 0.306 e. The van der Waals surface area contributed by atoms with Gasteiger partial charge in [0.05, 0.1) is 12.7 Å². The van der Waals surface area contributed by atoms with Crippen molar-refractivity contribution in [3.05, 3.63) is 88.7 Å². The predicted octanol–water partition coefficient (Wildman–Crippen LogP) is 4.83. The zero-order valence-electron chi connectivity index (χ0n) is 15.2. The molecule has 1 aliphatic carbocycles. The van der Waals surface area contributed by atoms with Crippen molar-refractivity contribution >= 4 is 12.4 Å². The first-order valence-electron chi connectivity index (χ1n) is 9.17. The quantitative estimate of drug-likeness (QED) is 0.700. The molecule has 0 bridgehead atoms. The molecule has 0 saturated heterocycles. The summed E-state index contributed by atoms with van der Waals surface area (Å²) in [5.41, 5.74) is 6.76. The summed E-state index contributed by atoms with van der Waals surface area (Å²) in [4.78, 5) is 0. The van der Waals surface area contributed by atoms with E-state index >= 15 is 0 Å². The third kappa shape index (κ3) is 4.17. The lowest BCUT2D eigenvalue weighted by atomic mass is 9.92. The van der Waals surface area contributed by atoms with E-state index in [9.17, 15) is 0 Å². The molecule has 3 aromatic rings. The highest BCUT2D eigenvalue weighted by Gasteiger charge is 2.23. The third-order valence-electron chi connectivity index (χ3n) is 5.07. The van der Waals surface area contributed by atoms with Gasteiger partial charge in [0.1, 0.15) is 0 Å². The van der Waals surface area contributed by atoms with Crippen LogP contribution in [0.4, 0.5) is 0 Å². The van der Waals surface area contributed by atoms with Gasteiger partial charge in [-0.15, -0.1) is 12.4 Å². The summed E-state index contributed by atoms with van der Waals surface area (Å²) in [6.07, 6.45) is 5.62. The molecule has 0 spiro atoms.